The molecular formula is C15H15N5O7. The normalized spacial score (nSPS) is 15.3. The maximum absolute atomic E-state index is 12.0. The number of nitro groups is 1. The SMILES string of the molecule is O=C(CN1C(=O)COc2ccc([N+](=O)[O-])cc21)NNC(=O)C(=O)NC1CC1. The summed E-state index contributed by atoms with van der Waals surface area (Å²) in [5.74, 6) is -3.09. The number of nitrogens with one attached hydrogen (secondary N) is 3. The van der Waals surface area contributed by atoms with Crippen LogP contribution in [-0.2, 0) is 19.2 Å². The molecule has 0 spiro atoms. The number of carbonyl (C=O) groups excluding carboxylic acids is 4. The number of hydrogen-bond acceptors (Lipinski definition) is 7. The van der Waals surface area contributed by atoms with Crippen LogP contribution >= 0.6 is 0 Å². The van der Waals surface area contributed by atoms with Gasteiger partial charge in [-0.1, -0.05) is 0 Å². The smallest absolute Gasteiger partial charge is 0.327 e. The van der Waals surface area contributed by atoms with Crippen LogP contribution in [0.25, 0.3) is 0 Å². The highest BCUT2D eigenvalue weighted by Crippen LogP contribution is 2.35. The molecule has 0 saturated heterocycles. The van der Waals surface area contributed by atoms with Gasteiger partial charge >= 0.3 is 11.8 Å². The molecule has 0 bridgehead atoms. The summed E-state index contributed by atoms with van der Waals surface area (Å²) in [6.07, 6.45) is 1.60. The second kappa shape index (κ2) is 7.27. The summed E-state index contributed by atoms with van der Waals surface area (Å²) in [5.41, 5.74) is 3.76. The summed E-state index contributed by atoms with van der Waals surface area (Å²) in [6.45, 7) is -0.866. The zero-order valence-corrected chi connectivity index (χ0v) is 13.9. The number of benzene rings is 1. The van der Waals surface area contributed by atoms with Gasteiger partial charge in [-0.2, -0.15) is 0 Å². The maximum atomic E-state index is 12.0. The molecule has 12 heteroatoms. The van der Waals surface area contributed by atoms with Gasteiger partial charge in [-0.15, -0.1) is 0 Å². The van der Waals surface area contributed by atoms with E-state index in [0.717, 1.165) is 23.8 Å². The van der Waals surface area contributed by atoms with Gasteiger partial charge in [-0.3, -0.25) is 45.0 Å². The van der Waals surface area contributed by atoms with Crippen LogP contribution in [0.15, 0.2) is 18.2 Å². The van der Waals surface area contributed by atoms with Crippen molar-refractivity contribution in [2.75, 3.05) is 18.1 Å². The fourth-order valence-electron chi connectivity index (χ4n) is 2.32. The molecule has 0 aromatic heterocycles. The highest BCUT2D eigenvalue weighted by Gasteiger charge is 2.30. The van der Waals surface area contributed by atoms with Crippen molar-refractivity contribution in [3.05, 3.63) is 28.3 Å². The monoisotopic (exact) mass is 377 g/mol. The van der Waals surface area contributed by atoms with Crippen LogP contribution in [0.4, 0.5) is 11.4 Å². The van der Waals surface area contributed by atoms with E-state index in [1.165, 1.54) is 12.1 Å². The lowest BCUT2D eigenvalue weighted by molar-refractivity contribution is -0.384. The van der Waals surface area contributed by atoms with E-state index in [-0.39, 0.29) is 29.8 Å². The average molecular weight is 377 g/mol. The standard InChI is InChI=1S/C15H15N5O7/c21-12(17-18-15(24)14(23)16-8-1-2-8)6-19-10-5-9(20(25)26)3-4-11(10)27-7-13(19)22/h3-5,8H,1-2,6-7H2,(H,16,23)(H,17,21)(H,18,24). The van der Waals surface area contributed by atoms with Gasteiger partial charge in [0, 0.05) is 18.2 Å². The third kappa shape index (κ3) is 4.29. The molecule has 1 heterocycles. The minimum Gasteiger partial charge on any atom is -0.482 e. The van der Waals surface area contributed by atoms with Gasteiger partial charge in [0.05, 0.1) is 10.6 Å². The Morgan fingerprint density at radius 2 is 1.96 bits per heavy atom. The molecule has 0 atom stereocenters. The predicted molar refractivity (Wildman–Crippen MR) is 88.4 cm³/mol. The summed E-state index contributed by atoms with van der Waals surface area (Å²) in [7, 11) is 0. The van der Waals surface area contributed by atoms with Crippen LogP contribution in [0, 0.1) is 10.1 Å². The number of hydrogen-bond donors (Lipinski definition) is 3. The van der Waals surface area contributed by atoms with Gasteiger partial charge in [-0.05, 0) is 18.9 Å². The van der Waals surface area contributed by atoms with Crippen molar-refractivity contribution in [3.8, 4) is 5.75 Å². The lowest BCUT2D eigenvalue weighted by Gasteiger charge is -2.28. The molecule has 1 saturated carbocycles. The van der Waals surface area contributed by atoms with E-state index in [1.54, 1.807) is 0 Å². The number of nitrogens with zero attached hydrogens (tertiary/aromatic N) is 2. The van der Waals surface area contributed by atoms with Crippen LogP contribution in [-0.4, -0.2) is 47.7 Å². The zero-order chi connectivity index (χ0) is 19.6. The Hall–Kier alpha value is -3.70. The van der Waals surface area contributed by atoms with E-state index in [2.05, 4.69) is 5.32 Å². The molecular weight excluding hydrogens is 362 g/mol. The fraction of sp³-hybridized carbons (Fsp3) is 0.333. The lowest BCUT2D eigenvalue weighted by atomic mass is 10.2. The predicted octanol–water partition coefficient (Wildman–Crippen LogP) is -1.25. The van der Waals surface area contributed by atoms with E-state index in [9.17, 15) is 29.3 Å². The second-order valence-electron chi connectivity index (χ2n) is 5.93. The first-order chi connectivity index (χ1) is 12.8. The molecule has 27 heavy (non-hydrogen) atoms. The van der Waals surface area contributed by atoms with Gasteiger partial charge in [0.25, 0.3) is 17.5 Å². The van der Waals surface area contributed by atoms with Gasteiger partial charge in [0.1, 0.15) is 12.3 Å². The molecule has 4 amide bonds. The van der Waals surface area contributed by atoms with Crippen LogP contribution in [0.2, 0.25) is 0 Å². The molecule has 3 N–H and O–H groups in total. The number of rotatable bonds is 4. The number of hydrazine groups is 1. The van der Waals surface area contributed by atoms with Crippen LogP contribution in [0.1, 0.15) is 12.8 Å². The number of anilines is 1. The Balaban J connectivity index is 1.62. The van der Waals surface area contributed by atoms with Crippen molar-refractivity contribution in [2.24, 2.45) is 0 Å². The Kier molecular flexibility index (Phi) is 4.88. The highest BCUT2D eigenvalue weighted by atomic mass is 16.6. The molecule has 1 aromatic rings. The van der Waals surface area contributed by atoms with E-state index in [1.807, 2.05) is 10.9 Å². The Morgan fingerprint density at radius 1 is 1.22 bits per heavy atom. The number of carbonyl (C=O) groups is 4. The molecule has 0 radical (unpaired) electrons. The molecule has 3 rings (SSSR count). The van der Waals surface area contributed by atoms with Crippen molar-refractivity contribution in [3.63, 3.8) is 0 Å². The molecule has 142 valence electrons. The van der Waals surface area contributed by atoms with Crippen LogP contribution in [0.3, 0.4) is 0 Å². The quantitative estimate of drug-likeness (QED) is 0.335. The van der Waals surface area contributed by atoms with E-state index in [4.69, 9.17) is 4.74 Å². The summed E-state index contributed by atoms with van der Waals surface area (Å²) < 4.78 is 5.19. The minimum atomic E-state index is -1.04. The van der Waals surface area contributed by atoms with Gasteiger partial charge < -0.3 is 10.1 Å². The fourth-order valence-corrected chi connectivity index (χ4v) is 2.32. The maximum Gasteiger partial charge on any atom is 0.327 e. The van der Waals surface area contributed by atoms with E-state index >= 15 is 0 Å². The first-order valence-corrected chi connectivity index (χ1v) is 7.96. The molecule has 12 nitrogen and oxygen atoms in total. The highest BCUT2D eigenvalue weighted by molar-refractivity contribution is 6.35. The Morgan fingerprint density at radius 3 is 2.63 bits per heavy atom. The Labute approximate surface area is 151 Å². The van der Waals surface area contributed by atoms with Gasteiger partial charge in [0.2, 0.25) is 0 Å². The zero-order valence-electron chi connectivity index (χ0n) is 13.9. The molecule has 1 aromatic carbocycles. The largest absolute Gasteiger partial charge is 0.482 e. The third-order valence-corrected chi connectivity index (χ3v) is 3.83. The topological polar surface area (TPSA) is 160 Å². The molecule has 1 aliphatic heterocycles. The minimum absolute atomic E-state index is 0.0165. The average Bonchev–Trinajstić information content (AvgIpc) is 3.45. The summed E-state index contributed by atoms with van der Waals surface area (Å²) in [5, 5.41) is 13.4. The van der Waals surface area contributed by atoms with Gasteiger partial charge in [0.15, 0.2) is 6.61 Å². The number of non-ortho nitro benzene ring substituents is 1. The Bertz CT molecular complexity index is 836. The summed E-state index contributed by atoms with van der Waals surface area (Å²) in [4.78, 5) is 58.4. The van der Waals surface area contributed by atoms with Crippen molar-refractivity contribution in [1.29, 1.82) is 0 Å². The number of amides is 4. The van der Waals surface area contributed by atoms with Gasteiger partial charge in [-0.25, -0.2) is 0 Å². The first-order valence-electron chi connectivity index (χ1n) is 7.96. The molecule has 1 fully saturated rings. The third-order valence-electron chi connectivity index (χ3n) is 3.83. The van der Waals surface area contributed by atoms with Crippen molar-refractivity contribution >= 4 is 35.0 Å². The summed E-state index contributed by atoms with van der Waals surface area (Å²) >= 11 is 0. The van der Waals surface area contributed by atoms with E-state index in [0.29, 0.717) is 0 Å². The summed E-state index contributed by atoms with van der Waals surface area (Å²) in [6, 6.07) is 3.64. The molecule has 1 aliphatic carbocycles. The molecule has 0 unspecified atom stereocenters. The molecule has 2 aliphatic rings. The van der Waals surface area contributed by atoms with Crippen LogP contribution in [0.5, 0.6) is 5.75 Å². The number of fused-ring (bicyclic) bond motifs is 1. The number of nitro benzene ring substituents is 1. The second-order valence-corrected chi connectivity index (χ2v) is 5.93. The van der Waals surface area contributed by atoms with Crippen LogP contribution < -0.4 is 25.8 Å². The first kappa shape index (κ1) is 18.1. The van der Waals surface area contributed by atoms with Crippen molar-refractivity contribution < 1.29 is 28.8 Å². The van der Waals surface area contributed by atoms with E-state index < -0.39 is 35.1 Å². The number of ether oxygens (including phenoxy) is 1. The van der Waals surface area contributed by atoms with Crippen molar-refractivity contribution in [2.45, 2.75) is 18.9 Å². The lowest BCUT2D eigenvalue weighted by Crippen LogP contribution is -2.52. The van der Waals surface area contributed by atoms with Crippen molar-refractivity contribution in [1.82, 2.24) is 16.2 Å².